The van der Waals surface area contributed by atoms with Gasteiger partial charge < -0.3 is 0 Å². The van der Waals surface area contributed by atoms with Crippen LogP contribution in [0.5, 0.6) is 0 Å². The van der Waals surface area contributed by atoms with Crippen LogP contribution in [-0.4, -0.2) is 9.97 Å². The van der Waals surface area contributed by atoms with Gasteiger partial charge in [0.05, 0.1) is 0 Å². The van der Waals surface area contributed by atoms with E-state index in [-0.39, 0.29) is 0 Å². The summed E-state index contributed by atoms with van der Waals surface area (Å²) >= 11 is 0. The highest BCUT2D eigenvalue weighted by Crippen LogP contribution is 2.20. The minimum Gasteiger partial charge on any atom is -0.241 e. The van der Waals surface area contributed by atoms with Gasteiger partial charge in [-0.3, -0.25) is 0 Å². The van der Waals surface area contributed by atoms with Gasteiger partial charge in [0.15, 0.2) is 0 Å². The van der Waals surface area contributed by atoms with Crippen LogP contribution in [0.25, 0.3) is 0 Å². The Kier molecular flexibility index (Phi) is 3.12. The van der Waals surface area contributed by atoms with Crippen molar-refractivity contribution in [3.05, 3.63) is 23.3 Å². The number of aromatic nitrogens is 2. The molecule has 0 fully saturated rings. The summed E-state index contributed by atoms with van der Waals surface area (Å²) in [5.74, 6) is 0. The Labute approximate surface area is 85.8 Å². The minimum atomic E-state index is 1.05. The third kappa shape index (κ3) is 1.94. The number of rotatable bonds is 1. The van der Waals surface area contributed by atoms with Crippen molar-refractivity contribution in [1.82, 2.24) is 9.97 Å². The molecule has 2 nitrogen and oxygen atoms in total. The summed E-state index contributed by atoms with van der Waals surface area (Å²) in [4.78, 5) is 8.79. The molecular weight excluding hydrogens is 172 g/mol. The molecule has 0 spiro atoms. The molecule has 0 amide bonds. The van der Waals surface area contributed by atoms with Crippen molar-refractivity contribution in [3.8, 4) is 0 Å². The Morgan fingerprint density at radius 3 is 2.64 bits per heavy atom. The topological polar surface area (TPSA) is 25.8 Å². The molecule has 1 aliphatic rings. The maximum absolute atomic E-state index is 4.42. The summed E-state index contributed by atoms with van der Waals surface area (Å²) in [6.45, 7) is 2.18. The lowest BCUT2D eigenvalue weighted by atomic mass is 9.95. The van der Waals surface area contributed by atoms with E-state index < -0.39 is 0 Å². The summed E-state index contributed by atoms with van der Waals surface area (Å²) in [5, 5.41) is 0. The van der Waals surface area contributed by atoms with Crippen LogP contribution in [0.4, 0.5) is 0 Å². The average Bonchev–Trinajstić information content (AvgIpc) is 2.18. The van der Waals surface area contributed by atoms with Gasteiger partial charge in [-0.1, -0.05) is 19.8 Å². The van der Waals surface area contributed by atoms with Gasteiger partial charge >= 0.3 is 0 Å². The van der Waals surface area contributed by atoms with Crippen LogP contribution in [0.1, 0.15) is 49.6 Å². The van der Waals surface area contributed by atoms with Crippen LogP contribution in [-0.2, 0) is 19.3 Å². The zero-order valence-corrected chi connectivity index (χ0v) is 8.92. The number of hydrogen-bond acceptors (Lipinski definition) is 2. The van der Waals surface area contributed by atoms with Crippen molar-refractivity contribution < 1.29 is 0 Å². The number of aryl methyl sites for hydroxylation is 2. The van der Waals surface area contributed by atoms with Crippen LogP contribution in [0.15, 0.2) is 6.33 Å². The largest absolute Gasteiger partial charge is 0.241 e. The maximum atomic E-state index is 4.42. The Hall–Kier alpha value is -0.920. The van der Waals surface area contributed by atoms with Gasteiger partial charge in [-0.2, -0.15) is 0 Å². The third-order valence-electron chi connectivity index (χ3n) is 3.05. The molecule has 0 unspecified atom stereocenters. The van der Waals surface area contributed by atoms with Crippen molar-refractivity contribution in [2.24, 2.45) is 0 Å². The normalized spacial score (nSPS) is 16.9. The molecule has 0 aliphatic heterocycles. The Balaban J connectivity index is 2.33. The highest BCUT2D eigenvalue weighted by atomic mass is 14.8. The van der Waals surface area contributed by atoms with E-state index in [1.807, 2.05) is 0 Å². The molecule has 2 rings (SSSR count). The van der Waals surface area contributed by atoms with Gasteiger partial charge in [0.2, 0.25) is 0 Å². The quantitative estimate of drug-likeness (QED) is 0.680. The van der Waals surface area contributed by atoms with Crippen molar-refractivity contribution in [3.63, 3.8) is 0 Å². The van der Waals surface area contributed by atoms with Gasteiger partial charge in [-0.15, -0.1) is 0 Å². The molecule has 0 saturated heterocycles. The Morgan fingerprint density at radius 2 is 1.86 bits per heavy atom. The summed E-state index contributed by atoms with van der Waals surface area (Å²) in [7, 11) is 0. The van der Waals surface area contributed by atoms with Gasteiger partial charge in [0.1, 0.15) is 6.33 Å². The maximum Gasteiger partial charge on any atom is 0.115 e. The van der Waals surface area contributed by atoms with Gasteiger partial charge in [0.25, 0.3) is 0 Å². The van der Waals surface area contributed by atoms with Gasteiger partial charge in [-0.25, -0.2) is 9.97 Å². The van der Waals surface area contributed by atoms with E-state index in [1.165, 1.54) is 49.1 Å². The van der Waals surface area contributed by atoms with E-state index >= 15 is 0 Å². The van der Waals surface area contributed by atoms with E-state index in [9.17, 15) is 0 Å². The first-order valence-electron chi connectivity index (χ1n) is 5.73. The zero-order chi connectivity index (χ0) is 9.80. The van der Waals surface area contributed by atoms with E-state index in [0.29, 0.717) is 0 Å². The first-order valence-corrected chi connectivity index (χ1v) is 5.73. The SMILES string of the molecule is CCc1ncnc2c1CCCCCC2. The second-order valence-corrected chi connectivity index (χ2v) is 4.01. The van der Waals surface area contributed by atoms with E-state index in [2.05, 4.69) is 16.9 Å². The van der Waals surface area contributed by atoms with E-state index in [4.69, 9.17) is 0 Å². The molecule has 0 saturated carbocycles. The second kappa shape index (κ2) is 4.54. The molecule has 0 bridgehead atoms. The monoisotopic (exact) mass is 190 g/mol. The fraction of sp³-hybridized carbons (Fsp3) is 0.667. The van der Waals surface area contributed by atoms with Crippen molar-refractivity contribution in [2.75, 3.05) is 0 Å². The molecule has 0 radical (unpaired) electrons. The fourth-order valence-electron chi connectivity index (χ4n) is 2.25. The lowest BCUT2D eigenvalue weighted by Crippen LogP contribution is -2.07. The molecule has 1 aliphatic carbocycles. The Bertz CT molecular complexity index is 307. The number of hydrogen-bond donors (Lipinski definition) is 0. The molecule has 1 aromatic heterocycles. The molecule has 0 atom stereocenters. The molecule has 14 heavy (non-hydrogen) atoms. The Morgan fingerprint density at radius 1 is 1.07 bits per heavy atom. The van der Waals surface area contributed by atoms with Gasteiger partial charge in [-0.05, 0) is 37.7 Å². The standard InChI is InChI=1S/C12H18N2/c1-2-11-10-7-5-3-4-6-8-12(10)14-9-13-11/h9H,2-8H2,1H3. The summed E-state index contributed by atoms with van der Waals surface area (Å²) < 4.78 is 0. The van der Waals surface area contributed by atoms with Gasteiger partial charge in [0, 0.05) is 11.4 Å². The smallest absolute Gasteiger partial charge is 0.115 e. The lowest BCUT2D eigenvalue weighted by Gasteiger charge is -2.14. The molecule has 0 aromatic carbocycles. The van der Waals surface area contributed by atoms with E-state index in [1.54, 1.807) is 6.33 Å². The fourth-order valence-corrected chi connectivity index (χ4v) is 2.25. The molecule has 1 heterocycles. The summed E-state index contributed by atoms with van der Waals surface area (Å²) in [6.07, 6.45) is 10.5. The molecule has 76 valence electrons. The van der Waals surface area contributed by atoms with Crippen molar-refractivity contribution in [2.45, 2.75) is 51.9 Å². The van der Waals surface area contributed by atoms with Crippen molar-refractivity contribution >= 4 is 0 Å². The average molecular weight is 190 g/mol. The summed E-state index contributed by atoms with van der Waals surface area (Å²) in [6, 6.07) is 0. The predicted molar refractivity (Wildman–Crippen MR) is 57.3 cm³/mol. The zero-order valence-electron chi connectivity index (χ0n) is 8.92. The highest BCUT2D eigenvalue weighted by Gasteiger charge is 2.11. The summed E-state index contributed by atoms with van der Waals surface area (Å²) in [5.41, 5.74) is 4.04. The van der Waals surface area contributed by atoms with Crippen LogP contribution >= 0.6 is 0 Å². The van der Waals surface area contributed by atoms with E-state index in [0.717, 1.165) is 12.8 Å². The number of fused-ring (bicyclic) bond motifs is 1. The number of nitrogens with zero attached hydrogens (tertiary/aromatic N) is 2. The van der Waals surface area contributed by atoms with Crippen molar-refractivity contribution in [1.29, 1.82) is 0 Å². The first kappa shape index (κ1) is 9.63. The molecular formula is C12H18N2. The lowest BCUT2D eigenvalue weighted by molar-refractivity contribution is 0.602. The highest BCUT2D eigenvalue weighted by molar-refractivity contribution is 5.25. The molecule has 2 heteroatoms. The second-order valence-electron chi connectivity index (χ2n) is 4.01. The molecule has 0 N–H and O–H groups in total. The van der Waals surface area contributed by atoms with Crippen LogP contribution in [0.2, 0.25) is 0 Å². The minimum absolute atomic E-state index is 1.05. The van der Waals surface area contributed by atoms with Crippen LogP contribution < -0.4 is 0 Å². The first-order chi connectivity index (χ1) is 6.92. The van der Waals surface area contributed by atoms with Crippen LogP contribution in [0, 0.1) is 0 Å². The molecule has 1 aromatic rings. The van der Waals surface area contributed by atoms with Crippen LogP contribution in [0.3, 0.4) is 0 Å². The third-order valence-corrected chi connectivity index (χ3v) is 3.05. The predicted octanol–water partition coefficient (Wildman–Crippen LogP) is 2.70.